The largest absolute Gasteiger partial charge is 0.469 e. The van der Waals surface area contributed by atoms with Crippen LogP contribution in [0, 0.1) is 0 Å². The highest BCUT2D eigenvalue weighted by Crippen LogP contribution is 2.36. The number of phosphoric ester groups is 1. The molecule has 6 N–H and O–H groups in total. The second-order valence-electron chi connectivity index (χ2n) is 3.32. The number of ether oxygens (including phenoxy) is 1. The fraction of sp³-hybridized carbons (Fsp3) is 1.00. The molecule has 96 valence electrons. The molecule has 0 saturated carbocycles. The SMILES string of the molecule is O=P(O)(O)O[14CH2][14C@H]1O[14CH](O)[14C@H](O)[14C@@H](O)[14C@@H]1O. The maximum atomic E-state index is 10.4. The van der Waals surface area contributed by atoms with E-state index in [0.717, 1.165) is 0 Å². The summed E-state index contributed by atoms with van der Waals surface area (Å²) >= 11 is 0. The van der Waals surface area contributed by atoms with Crippen LogP contribution in [0.1, 0.15) is 0 Å². The molecule has 1 rings (SSSR count). The minimum atomic E-state index is -4.73. The van der Waals surface area contributed by atoms with Crippen LogP contribution < -0.4 is 0 Å². The van der Waals surface area contributed by atoms with Crippen LogP contribution >= 0.6 is 7.82 Å². The van der Waals surface area contributed by atoms with Gasteiger partial charge in [-0.1, -0.05) is 0 Å². The van der Waals surface area contributed by atoms with E-state index in [1.165, 1.54) is 0 Å². The Kier molecular flexibility index (Phi) is 4.41. The van der Waals surface area contributed by atoms with Gasteiger partial charge in [0.1, 0.15) is 24.4 Å². The zero-order chi connectivity index (χ0) is 12.5. The first-order valence-electron chi connectivity index (χ1n) is 4.30. The number of aliphatic hydroxyl groups excluding tert-OH is 4. The normalized spacial score (nSPS) is 41.0. The summed E-state index contributed by atoms with van der Waals surface area (Å²) in [5.41, 5.74) is 0. The van der Waals surface area contributed by atoms with Crippen molar-refractivity contribution in [3.63, 3.8) is 0 Å². The highest BCUT2D eigenvalue weighted by atomic mass is 31.2. The van der Waals surface area contributed by atoms with Crippen molar-refractivity contribution in [1.29, 1.82) is 0 Å². The van der Waals surface area contributed by atoms with Crippen LogP contribution in [0.5, 0.6) is 0 Å². The topological polar surface area (TPSA) is 157 Å². The Bertz CT molecular complexity index is 277. The third kappa shape index (κ3) is 3.45. The van der Waals surface area contributed by atoms with Gasteiger partial charge in [0.05, 0.1) is 6.61 Å². The second-order valence-corrected chi connectivity index (χ2v) is 4.56. The first kappa shape index (κ1) is 14.0. The van der Waals surface area contributed by atoms with Crippen LogP contribution in [-0.4, -0.2) is 67.5 Å². The number of rotatable bonds is 3. The molecule has 1 unspecified atom stereocenters. The van der Waals surface area contributed by atoms with Gasteiger partial charge < -0.3 is 34.9 Å². The minimum Gasteiger partial charge on any atom is -0.387 e. The average Bonchev–Trinajstić information content (AvgIpc) is 2.17. The van der Waals surface area contributed by atoms with Crippen LogP contribution in [0.25, 0.3) is 0 Å². The molecule has 0 aromatic heterocycles. The summed E-state index contributed by atoms with van der Waals surface area (Å²) in [6.07, 6.45) is -8.11. The van der Waals surface area contributed by atoms with E-state index in [2.05, 4.69) is 9.26 Å². The third-order valence-corrected chi connectivity index (χ3v) is 2.58. The molecule has 1 aliphatic rings. The Morgan fingerprint density at radius 1 is 1.06 bits per heavy atom. The van der Waals surface area contributed by atoms with Gasteiger partial charge in [-0.05, 0) is 0 Å². The van der Waals surface area contributed by atoms with Crippen molar-refractivity contribution >= 4 is 7.82 Å². The zero-order valence-electron chi connectivity index (χ0n) is 7.95. The van der Waals surface area contributed by atoms with Gasteiger partial charge in [0, 0.05) is 0 Å². The number of hydrogen-bond acceptors (Lipinski definition) is 7. The first-order chi connectivity index (χ1) is 7.22. The van der Waals surface area contributed by atoms with Gasteiger partial charge in [-0.15, -0.1) is 0 Å². The van der Waals surface area contributed by atoms with E-state index in [4.69, 9.17) is 20.0 Å². The molecule has 1 saturated heterocycles. The van der Waals surface area contributed by atoms with E-state index in [-0.39, 0.29) is 0 Å². The molecule has 0 spiro atoms. The summed E-state index contributed by atoms with van der Waals surface area (Å²) in [5, 5.41) is 36.7. The minimum absolute atomic E-state index is 0.730. The maximum Gasteiger partial charge on any atom is 0.469 e. The lowest BCUT2D eigenvalue weighted by atomic mass is 11.9. The molecule has 9 nitrogen and oxygen atoms in total. The van der Waals surface area contributed by atoms with Crippen LogP contribution in [0.2, 0.25) is 0 Å². The number of phosphoric acid groups is 1. The smallest absolute Gasteiger partial charge is 0.387 e. The van der Waals surface area contributed by atoms with E-state index in [0.29, 0.717) is 0 Å². The zero-order valence-corrected chi connectivity index (χ0v) is 8.84. The van der Waals surface area contributed by atoms with Crippen molar-refractivity contribution in [3.05, 3.63) is 0 Å². The Hall–Kier alpha value is -0.0900. The predicted molar refractivity (Wildman–Crippen MR) is 46.9 cm³/mol. The molecule has 16 heavy (non-hydrogen) atoms. The van der Waals surface area contributed by atoms with Crippen molar-refractivity contribution < 1.29 is 44.0 Å². The molecule has 0 aromatic carbocycles. The Balaban J connectivity index is 2.57. The van der Waals surface area contributed by atoms with E-state index < -0.39 is 45.1 Å². The molecule has 0 amide bonds. The van der Waals surface area contributed by atoms with Gasteiger partial charge in [0.15, 0.2) is 6.29 Å². The fourth-order valence-electron chi connectivity index (χ4n) is 1.24. The molecule has 10 heteroatoms. The molecule has 0 aromatic rings. The van der Waals surface area contributed by atoms with Crippen molar-refractivity contribution in [2.45, 2.75) is 30.7 Å². The van der Waals surface area contributed by atoms with Crippen LogP contribution in [-0.2, 0) is 13.8 Å². The lowest BCUT2D eigenvalue weighted by Crippen LogP contribution is -2.58. The van der Waals surface area contributed by atoms with Crippen molar-refractivity contribution in [3.8, 4) is 0 Å². The molecule has 0 radical (unpaired) electrons. The lowest BCUT2D eigenvalue weighted by molar-refractivity contribution is -0.285. The molecule has 5 atom stereocenters. The predicted octanol–water partition coefficient (Wildman–Crippen LogP) is -3.10. The molecule has 0 aliphatic carbocycles. The summed E-state index contributed by atoms with van der Waals surface area (Å²) in [7, 11) is -4.73. The molecule has 1 fully saturated rings. The molecular weight excluding hydrogens is 259 g/mol. The molecule has 0 bridgehead atoms. The number of hydrogen-bond donors (Lipinski definition) is 6. The Labute approximate surface area is 90.1 Å². The average molecular weight is 272 g/mol. The fourth-order valence-corrected chi connectivity index (χ4v) is 1.58. The highest BCUT2D eigenvalue weighted by molar-refractivity contribution is 7.46. The number of aliphatic hydroxyl groups is 4. The standard InChI is InChI=1S/C6H13O9P/c7-3-2(1-14-16(11,12)13)15-6(10)5(9)4(3)8/h2-10H,1H2,(H2,11,12,13)/t2-,3-,4+,5-,6?/m1/s1/i1+2,2+2,3+2,4+2,5+2,6+2. The van der Waals surface area contributed by atoms with Crippen molar-refractivity contribution in [2.75, 3.05) is 6.61 Å². The lowest BCUT2D eigenvalue weighted by Gasteiger charge is -2.38. The molecular formula is C6H13O9P. The van der Waals surface area contributed by atoms with Gasteiger partial charge in [-0.25, -0.2) is 4.57 Å². The van der Waals surface area contributed by atoms with E-state index >= 15 is 0 Å². The highest BCUT2D eigenvalue weighted by Gasteiger charge is 2.43. The van der Waals surface area contributed by atoms with Crippen molar-refractivity contribution in [2.24, 2.45) is 0 Å². The first-order valence-corrected chi connectivity index (χ1v) is 5.83. The van der Waals surface area contributed by atoms with Gasteiger partial charge in [0.2, 0.25) is 0 Å². The van der Waals surface area contributed by atoms with Gasteiger partial charge in [-0.3, -0.25) is 4.52 Å². The summed E-state index contributed by atoms with van der Waals surface area (Å²) in [4.78, 5) is 16.8. The summed E-state index contributed by atoms with van der Waals surface area (Å²) < 4.78 is 19.0. The van der Waals surface area contributed by atoms with Crippen LogP contribution in [0.4, 0.5) is 0 Å². The van der Waals surface area contributed by atoms with Gasteiger partial charge in [0.25, 0.3) is 0 Å². The van der Waals surface area contributed by atoms with Crippen LogP contribution in [0.3, 0.4) is 0 Å². The monoisotopic (exact) mass is 272 g/mol. The maximum absolute atomic E-state index is 10.4. The van der Waals surface area contributed by atoms with E-state index in [1.807, 2.05) is 0 Å². The van der Waals surface area contributed by atoms with Crippen molar-refractivity contribution in [1.82, 2.24) is 0 Å². The van der Waals surface area contributed by atoms with E-state index in [9.17, 15) is 14.8 Å². The summed E-state index contributed by atoms with van der Waals surface area (Å²) in [6.45, 7) is -0.730. The van der Waals surface area contributed by atoms with E-state index in [1.54, 1.807) is 0 Å². The Morgan fingerprint density at radius 2 is 1.62 bits per heavy atom. The van der Waals surface area contributed by atoms with Gasteiger partial charge >= 0.3 is 7.82 Å². The summed E-state index contributed by atoms with van der Waals surface area (Å²) in [6, 6.07) is 0. The summed E-state index contributed by atoms with van der Waals surface area (Å²) in [5.74, 6) is 0. The third-order valence-electron chi connectivity index (χ3n) is 2.09. The quantitative estimate of drug-likeness (QED) is 0.293. The molecule has 1 aliphatic heterocycles. The second kappa shape index (κ2) is 5.05. The van der Waals surface area contributed by atoms with Crippen LogP contribution in [0.15, 0.2) is 0 Å². The van der Waals surface area contributed by atoms with Gasteiger partial charge in [-0.2, -0.15) is 0 Å². The Morgan fingerprint density at radius 3 is 2.12 bits per heavy atom. The molecule has 1 heterocycles.